The Balaban J connectivity index is 1.16. The molecule has 0 bridgehead atoms. The van der Waals surface area contributed by atoms with Crippen LogP contribution in [0, 0.1) is 17.2 Å². The summed E-state index contributed by atoms with van der Waals surface area (Å²) in [7, 11) is 0. The van der Waals surface area contributed by atoms with Gasteiger partial charge in [0.25, 0.3) is 11.5 Å². The van der Waals surface area contributed by atoms with Gasteiger partial charge in [0.2, 0.25) is 0 Å². The fourth-order valence-corrected chi connectivity index (χ4v) is 5.04. The van der Waals surface area contributed by atoms with Crippen molar-refractivity contribution in [3.8, 4) is 11.8 Å². The minimum atomic E-state index is -0.483. The number of anilines is 2. The molecule has 1 N–H and O–H groups in total. The SMILES string of the molecule is N#Cc1ccc2ccc(=O)n(CCN3C[C@@H]4CN(c5ccc6c(n5)NC(=O)CO6)C(=O)O[C@H]4C3)c2c1. The summed E-state index contributed by atoms with van der Waals surface area (Å²) >= 11 is 0. The third-order valence-corrected chi connectivity index (χ3v) is 6.84. The van der Waals surface area contributed by atoms with Gasteiger partial charge < -0.3 is 19.4 Å². The number of nitrogens with zero attached hydrogens (tertiary/aromatic N) is 5. The largest absolute Gasteiger partial charge is 0.480 e. The molecular formula is C25H22N6O5. The molecule has 3 aliphatic rings. The first kappa shape index (κ1) is 22.1. The van der Waals surface area contributed by atoms with Gasteiger partial charge in [-0.25, -0.2) is 9.78 Å². The molecule has 11 heteroatoms. The molecule has 3 aliphatic heterocycles. The number of nitrogens with one attached hydrogen (secondary N) is 1. The zero-order chi connectivity index (χ0) is 24.8. The molecule has 0 saturated carbocycles. The van der Waals surface area contributed by atoms with Crippen molar-refractivity contribution in [3.63, 3.8) is 0 Å². The van der Waals surface area contributed by atoms with Gasteiger partial charge in [0.1, 0.15) is 11.9 Å². The predicted octanol–water partition coefficient (Wildman–Crippen LogP) is 1.56. The van der Waals surface area contributed by atoms with E-state index in [2.05, 4.69) is 21.3 Å². The Morgan fingerprint density at radius 3 is 2.78 bits per heavy atom. The van der Waals surface area contributed by atoms with Gasteiger partial charge in [-0.1, -0.05) is 6.07 Å². The number of pyridine rings is 2. The fourth-order valence-electron chi connectivity index (χ4n) is 5.04. The number of benzene rings is 1. The first-order valence-electron chi connectivity index (χ1n) is 11.7. The van der Waals surface area contributed by atoms with Crippen molar-refractivity contribution >= 4 is 34.5 Å². The van der Waals surface area contributed by atoms with Crippen molar-refractivity contribution in [2.45, 2.75) is 12.6 Å². The number of likely N-dealkylation sites (tertiary alicyclic amines) is 1. The number of carbonyl (C=O) groups excluding carboxylic acids is 2. The van der Waals surface area contributed by atoms with Crippen LogP contribution in [0.15, 0.2) is 47.3 Å². The van der Waals surface area contributed by atoms with E-state index < -0.39 is 6.09 Å². The van der Waals surface area contributed by atoms with E-state index in [0.29, 0.717) is 49.9 Å². The second-order valence-corrected chi connectivity index (χ2v) is 9.11. The summed E-state index contributed by atoms with van der Waals surface area (Å²) in [6.45, 7) is 2.69. The van der Waals surface area contributed by atoms with Crippen LogP contribution in [0.4, 0.5) is 16.4 Å². The van der Waals surface area contributed by atoms with Crippen LogP contribution in [0.1, 0.15) is 5.56 Å². The number of ether oxygens (including phenoxy) is 2. The average Bonchev–Trinajstić information content (AvgIpc) is 3.28. The van der Waals surface area contributed by atoms with Gasteiger partial charge in [-0.3, -0.25) is 19.4 Å². The van der Waals surface area contributed by atoms with Gasteiger partial charge in [0.05, 0.1) is 17.1 Å². The molecule has 0 radical (unpaired) electrons. The highest BCUT2D eigenvalue weighted by molar-refractivity contribution is 5.95. The summed E-state index contributed by atoms with van der Waals surface area (Å²) in [5, 5.41) is 12.8. The van der Waals surface area contributed by atoms with E-state index in [1.165, 1.54) is 11.0 Å². The molecule has 36 heavy (non-hydrogen) atoms. The minimum absolute atomic E-state index is 0.0657. The lowest BCUT2D eigenvalue weighted by atomic mass is 10.0. The molecule has 2 aromatic heterocycles. The number of amides is 2. The summed E-state index contributed by atoms with van der Waals surface area (Å²) < 4.78 is 12.8. The number of nitriles is 1. The highest BCUT2D eigenvalue weighted by atomic mass is 16.6. The topological polar surface area (TPSA) is 130 Å². The summed E-state index contributed by atoms with van der Waals surface area (Å²) in [5.41, 5.74) is 1.11. The number of hydrogen-bond acceptors (Lipinski definition) is 8. The smallest absolute Gasteiger partial charge is 0.415 e. The fraction of sp³-hybridized carbons (Fsp3) is 0.320. The second kappa shape index (κ2) is 8.66. The Kier molecular flexibility index (Phi) is 5.30. The quantitative estimate of drug-likeness (QED) is 0.588. The zero-order valence-electron chi connectivity index (χ0n) is 19.2. The third-order valence-electron chi connectivity index (χ3n) is 6.84. The minimum Gasteiger partial charge on any atom is -0.480 e. The Labute approximate surface area is 205 Å². The molecule has 5 heterocycles. The predicted molar refractivity (Wildman–Crippen MR) is 129 cm³/mol. The maximum atomic E-state index is 12.8. The Morgan fingerprint density at radius 2 is 1.92 bits per heavy atom. The van der Waals surface area contributed by atoms with Crippen LogP contribution in [0.25, 0.3) is 10.9 Å². The van der Waals surface area contributed by atoms with Crippen LogP contribution in [-0.2, 0) is 16.1 Å². The standard InChI is InChI=1S/C25H22N6O5/c26-10-15-1-2-16-3-6-23(33)30(18(16)9-15)8-7-29-11-17-12-31(25(34)36-20(17)13-29)21-5-4-19-24(27-21)28-22(32)14-35-19/h1-6,9,17,20H,7-8,11-14H2,(H,27,28,32)/t17-,20+/m1/s1. The maximum Gasteiger partial charge on any atom is 0.415 e. The molecule has 2 saturated heterocycles. The molecule has 0 unspecified atom stereocenters. The van der Waals surface area contributed by atoms with Gasteiger partial charge in [-0.2, -0.15) is 5.26 Å². The van der Waals surface area contributed by atoms with Gasteiger partial charge in [-0.15, -0.1) is 0 Å². The Hall–Kier alpha value is -4.43. The molecule has 0 spiro atoms. The van der Waals surface area contributed by atoms with Crippen molar-refractivity contribution < 1.29 is 19.1 Å². The van der Waals surface area contributed by atoms with Crippen LogP contribution in [0.5, 0.6) is 5.75 Å². The van der Waals surface area contributed by atoms with E-state index in [9.17, 15) is 19.6 Å². The van der Waals surface area contributed by atoms with E-state index in [1.807, 2.05) is 6.07 Å². The lowest BCUT2D eigenvalue weighted by molar-refractivity contribution is -0.118. The molecule has 3 aromatic rings. The second-order valence-electron chi connectivity index (χ2n) is 9.11. The first-order chi connectivity index (χ1) is 17.5. The van der Waals surface area contributed by atoms with Crippen LogP contribution in [-0.4, -0.2) is 65.3 Å². The maximum absolute atomic E-state index is 12.8. The summed E-state index contributed by atoms with van der Waals surface area (Å²) in [6, 6.07) is 14.1. The van der Waals surface area contributed by atoms with E-state index in [4.69, 9.17) is 9.47 Å². The average molecular weight is 486 g/mol. The van der Waals surface area contributed by atoms with Gasteiger partial charge in [0, 0.05) is 44.7 Å². The third kappa shape index (κ3) is 3.91. The highest BCUT2D eigenvalue weighted by Gasteiger charge is 2.43. The highest BCUT2D eigenvalue weighted by Crippen LogP contribution is 2.32. The molecule has 182 valence electrons. The molecule has 2 amide bonds. The van der Waals surface area contributed by atoms with Crippen LogP contribution >= 0.6 is 0 Å². The summed E-state index contributed by atoms with van der Waals surface area (Å²) in [6.07, 6.45) is -0.730. The first-order valence-corrected chi connectivity index (χ1v) is 11.7. The van der Waals surface area contributed by atoms with Gasteiger partial charge >= 0.3 is 6.09 Å². The zero-order valence-corrected chi connectivity index (χ0v) is 19.2. The lowest BCUT2D eigenvalue weighted by Gasteiger charge is -2.33. The van der Waals surface area contributed by atoms with Crippen molar-refractivity contribution in [3.05, 3.63) is 58.4 Å². The van der Waals surface area contributed by atoms with Crippen molar-refractivity contribution in [2.24, 2.45) is 5.92 Å². The summed E-state index contributed by atoms with van der Waals surface area (Å²) in [4.78, 5) is 45.0. The van der Waals surface area contributed by atoms with Crippen molar-refractivity contribution in [2.75, 3.05) is 43.0 Å². The molecule has 0 aliphatic carbocycles. The van der Waals surface area contributed by atoms with Crippen LogP contribution in [0.2, 0.25) is 0 Å². The van der Waals surface area contributed by atoms with Gasteiger partial charge in [0.15, 0.2) is 18.2 Å². The molecule has 2 atom stereocenters. The Bertz CT molecular complexity index is 1490. The molecule has 1 aromatic carbocycles. The number of fused-ring (bicyclic) bond motifs is 3. The lowest BCUT2D eigenvalue weighted by Crippen LogP contribution is -2.48. The van der Waals surface area contributed by atoms with E-state index in [1.54, 1.807) is 34.9 Å². The number of aromatic nitrogens is 2. The van der Waals surface area contributed by atoms with Crippen LogP contribution < -0.4 is 20.5 Å². The molecule has 2 fully saturated rings. The number of hydrogen-bond donors (Lipinski definition) is 1. The Morgan fingerprint density at radius 1 is 1.06 bits per heavy atom. The van der Waals surface area contributed by atoms with Crippen molar-refractivity contribution in [1.82, 2.24) is 14.5 Å². The van der Waals surface area contributed by atoms with E-state index in [-0.39, 0.29) is 35.9 Å². The van der Waals surface area contributed by atoms with E-state index in [0.717, 1.165) is 10.9 Å². The number of rotatable bonds is 4. The van der Waals surface area contributed by atoms with Crippen molar-refractivity contribution in [1.29, 1.82) is 5.26 Å². The number of carbonyl (C=O) groups is 2. The normalized spacial score (nSPS) is 21.2. The van der Waals surface area contributed by atoms with E-state index >= 15 is 0 Å². The van der Waals surface area contributed by atoms with Gasteiger partial charge in [-0.05, 0) is 35.7 Å². The van der Waals surface area contributed by atoms with Crippen LogP contribution in [0.3, 0.4) is 0 Å². The molecule has 11 nitrogen and oxygen atoms in total. The molecule has 6 rings (SSSR count). The molecular weight excluding hydrogens is 464 g/mol. The monoisotopic (exact) mass is 486 g/mol. The summed E-state index contributed by atoms with van der Waals surface area (Å²) in [5.74, 6) is 0.901.